The second-order valence-corrected chi connectivity index (χ2v) is 5.82. The van der Waals surface area contributed by atoms with Gasteiger partial charge in [-0.1, -0.05) is 6.92 Å². The number of anilines is 1. The van der Waals surface area contributed by atoms with Gasteiger partial charge in [0.25, 0.3) is 0 Å². The van der Waals surface area contributed by atoms with Crippen LogP contribution in [0.15, 0.2) is 10.7 Å². The number of hydrogen-bond donors (Lipinski definition) is 1. The molecule has 106 valence electrons. The minimum absolute atomic E-state index is 0.558. The average molecular weight is 330 g/mol. The fourth-order valence-electron chi connectivity index (χ4n) is 2.24. The molecule has 1 aliphatic heterocycles. The Bertz CT molecular complexity index is 436. The van der Waals surface area contributed by atoms with E-state index < -0.39 is 5.60 Å². The van der Waals surface area contributed by atoms with Gasteiger partial charge in [0, 0.05) is 52.1 Å². The summed E-state index contributed by atoms with van der Waals surface area (Å²) in [5, 5.41) is 10.5. The highest BCUT2D eigenvalue weighted by atomic mass is 79.9. The summed E-state index contributed by atoms with van der Waals surface area (Å²) in [5.41, 5.74) is -0.684. The van der Waals surface area contributed by atoms with E-state index in [-0.39, 0.29) is 0 Å². The molecule has 1 saturated heterocycles. The molecule has 0 aliphatic carbocycles. The standard InChI is InChI=1S/C13H20BrN3O2/c1-3-11-15-10(14)8-12(16-11)17(2)9-13(18)4-6-19-7-5-13/h8,18H,3-7,9H2,1-2H3. The number of aliphatic hydroxyl groups is 1. The van der Waals surface area contributed by atoms with Crippen LogP contribution in [0.5, 0.6) is 0 Å². The van der Waals surface area contributed by atoms with Crippen LogP contribution >= 0.6 is 15.9 Å². The van der Waals surface area contributed by atoms with E-state index in [4.69, 9.17) is 4.74 Å². The maximum atomic E-state index is 10.5. The Morgan fingerprint density at radius 2 is 2.11 bits per heavy atom. The van der Waals surface area contributed by atoms with Gasteiger partial charge < -0.3 is 14.7 Å². The second-order valence-electron chi connectivity index (χ2n) is 5.01. The van der Waals surface area contributed by atoms with Gasteiger partial charge >= 0.3 is 0 Å². The number of ether oxygens (including phenoxy) is 1. The molecule has 0 unspecified atom stereocenters. The van der Waals surface area contributed by atoms with E-state index in [1.165, 1.54) is 0 Å². The molecule has 0 aromatic carbocycles. The monoisotopic (exact) mass is 329 g/mol. The zero-order valence-electron chi connectivity index (χ0n) is 11.4. The van der Waals surface area contributed by atoms with Gasteiger partial charge in [-0.15, -0.1) is 0 Å². The minimum Gasteiger partial charge on any atom is -0.388 e. The molecule has 0 atom stereocenters. The normalized spacial score (nSPS) is 18.3. The molecule has 19 heavy (non-hydrogen) atoms. The highest BCUT2D eigenvalue weighted by molar-refractivity contribution is 9.10. The summed E-state index contributed by atoms with van der Waals surface area (Å²) in [6, 6.07) is 1.88. The first-order chi connectivity index (χ1) is 9.02. The molecule has 1 fully saturated rings. The van der Waals surface area contributed by atoms with Crippen molar-refractivity contribution in [1.82, 2.24) is 9.97 Å². The van der Waals surface area contributed by atoms with Crippen molar-refractivity contribution in [2.75, 3.05) is 31.7 Å². The summed E-state index contributed by atoms with van der Waals surface area (Å²) in [4.78, 5) is 10.8. The van der Waals surface area contributed by atoms with Crippen molar-refractivity contribution >= 4 is 21.7 Å². The first kappa shape index (κ1) is 14.7. The Morgan fingerprint density at radius 1 is 1.42 bits per heavy atom. The van der Waals surface area contributed by atoms with Crippen molar-refractivity contribution in [3.63, 3.8) is 0 Å². The highest BCUT2D eigenvalue weighted by Crippen LogP contribution is 2.24. The van der Waals surface area contributed by atoms with Gasteiger partial charge in [0.05, 0.1) is 5.60 Å². The lowest BCUT2D eigenvalue weighted by Crippen LogP contribution is -2.46. The Morgan fingerprint density at radius 3 is 2.74 bits per heavy atom. The van der Waals surface area contributed by atoms with Crippen LogP contribution < -0.4 is 4.90 Å². The Labute approximate surface area is 122 Å². The Kier molecular flexibility index (Phi) is 4.76. The van der Waals surface area contributed by atoms with E-state index >= 15 is 0 Å². The topological polar surface area (TPSA) is 58.5 Å². The van der Waals surface area contributed by atoms with Crippen LogP contribution in [0, 0.1) is 0 Å². The maximum Gasteiger partial charge on any atom is 0.133 e. The molecule has 1 aromatic rings. The lowest BCUT2D eigenvalue weighted by Gasteiger charge is -2.35. The van der Waals surface area contributed by atoms with Crippen LogP contribution in [0.1, 0.15) is 25.6 Å². The van der Waals surface area contributed by atoms with Crippen molar-refractivity contribution in [2.24, 2.45) is 0 Å². The molecular formula is C13H20BrN3O2. The van der Waals surface area contributed by atoms with Gasteiger partial charge in [0.15, 0.2) is 0 Å². The number of aryl methyl sites for hydroxylation is 1. The Balaban J connectivity index is 2.10. The van der Waals surface area contributed by atoms with E-state index in [1.54, 1.807) is 0 Å². The predicted molar refractivity (Wildman–Crippen MR) is 77.4 cm³/mol. The maximum absolute atomic E-state index is 10.5. The van der Waals surface area contributed by atoms with Gasteiger partial charge in [-0.25, -0.2) is 9.97 Å². The molecule has 1 aromatic heterocycles. The minimum atomic E-state index is -0.684. The van der Waals surface area contributed by atoms with Gasteiger partial charge in [-0.05, 0) is 15.9 Å². The number of hydrogen-bond acceptors (Lipinski definition) is 5. The summed E-state index contributed by atoms with van der Waals surface area (Å²) in [6.45, 7) is 3.83. The molecule has 0 bridgehead atoms. The van der Waals surface area contributed by atoms with Crippen LogP contribution in [-0.2, 0) is 11.2 Å². The number of halogens is 1. The molecule has 0 radical (unpaired) electrons. The van der Waals surface area contributed by atoms with Crippen molar-refractivity contribution in [3.05, 3.63) is 16.5 Å². The third-order valence-corrected chi connectivity index (χ3v) is 3.80. The summed E-state index contributed by atoms with van der Waals surface area (Å²) in [6.07, 6.45) is 2.13. The number of nitrogens with zero attached hydrogens (tertiary/aromatic N) is 3. The summed E-state index contributed by atoms with van der Waals surface area (Å²) in [5.74, 6) is 1.63. The fraction of sp³-hybridized carbons (Fsp3) is 0.692. The zero-order valence-corrected chi connectivity index (χ0v) is 13.0. The SMILES string of the molecule is CCc1nc(Br)cc(N(C)CC2(O)CCOCC2)n1. The Hall–Kier alpha value is -0.720. The first-order valence-corrected chi connectivity index (χ1v) is 7.36. The fourth-order valence-corrected chi connectivity index (χ4v) is 2.65. The molecule has 5 nitrogen and oxygen atoms in total. The van der Waals surface area contributed by atoms with Gasteiger partial charge in [-0.3, -0.25) is 0 Å². The molecular weight excluding hydrogens is 310 g/mol. The molecule has 0 amide bonds. The van der Waals surface area contributed by atoms with Crippen LogP contribution in [0.25, 0.3) is 0 Å². The predicted octanol–water partition coefficient (Wildman–Crippen LogP) is 1.78. The smallest absolute Gasteiger partial charge is 0.133 e. The van der Waals surface area contributed by atoms with Crippen LogP contribution in [0.2, 0.25) is 0 Å². The van der Waals surface area contributed by atoms with E-state index in [9.17, 15) is 5.11 Å². The highest BCUT2D eigenvalue weighted by Gasteiger charge is 2.31. The number of likely N-dealkylation sites (N-methyl/N-ethyl adjacent to an activating group) is 1. The van der Waals surface area contributed by atoms with Crippen molar-refractivity contribution < 1.29 is 9.84 Å². The van der Waals surface area contributed by atoms with Crippen LogP contribution in [0.4, 0.5) is 5.82 Å². The van der Waals surface area contributed by atoms with Gasteiger partial charge in [0.2, 0.25) is 0 Å². The van der Waals surface area contributed by atoms with Crippen LogP contribution in [0.3, 0.4) is 0 Å². The number of rotatable bonds is 4. The quantitative estimate of drug-likeness (QED) is 0.853. The molecule has 0 spiro atoms. The van der Waals surface area contributed by atoms with E-state index in [0.29, 0.717) is 32.6 Å². The zero-order chi connectivity index (χ0) is 13.9. The van der Waals surface area contributed by atoms with Crippen LogP contribution in [-0.4, -0.2) is 47.5 Å². The van der Waals surface area contributed by atoms with E-state index in [0.717, 1.165) is 22.7 Å². The molecule has 1 N–H and O–H groups in total. The van der Waals surface area contributed by atoms with E-state index in [2.05, 4.69) is 25.9 Å². The summed E-state index contributed by atoms with van der Waals surface area (Å²) >= 11 is 3.40. The third-order valence-electron chi connectivity index (χ3n) is 3.39. The van der Waals surface area contributed by atoms with Crippen molar-refractivity contribution in [2.45, 2.75) is 31.8 Å². The third kappa shape index (κ3) is 3.87. The van der Waals surface area contributed by atoms with Crippen molar-refractivity contribution in [1.29, 1.82) is 0 Å². The molecule has 2 rings (SSSR count). The second kappa shape index (κ2) is 6.15. The molecule has 0 saturated carbocycles. The van der Waals surface area contributed by atoms with E-state index in [1.807, 2.05) is 24.9 Å². The average Bonchev–Trinajstić information content (AvgIpc) is 2.38. The summed E-state index contributed by atoms with van der Waals surface area (Å²) < 4.78 is 6.07. The molecule has 6 heteroatoms. The molecule has 2 heterocycles. The largest absolute Gasteiger partial charge is 0.388 e. The van der Waals surface area contributed by atoms with Crippen molar-refractivity contribution in [3.8, 4) is 0 Å². The number of aromatic nitrogens is 2. The van der Waals surface area contributed by atoms with Gasteiger partial charge in [0.1, 0.15) is 16.2 Å². The lowest BCUT2D eigenvalue weighted by atomic mass is 9.94. The first-order valence-electron chi connectivity index (χ1n) is 6.57. The summed E-state index contributed by atoms with van der Waals surface area (Å²) in [7, 11) is 1.95. The van der Waals surface area contributed by atoms with Gasteiger partial charge in [-0.2, -0.15) is 0 Å². The lowest BCUT2D eigenvalue weighted by molar-refractivity contribution is -0.0573. The molecule has 1 aliphatic rings.